The van der Waals surface area contributed by atoms with Crippen LogP contribution < -0.4 is 0 Å². The lowest BCUT2D eigenvalue weighted by molar-refractivity contribution is -0.143. The fraction of sp³-hybridized carbons (Fsp3) is 1.00. The van der Waals surface area contributed by atoms with Gasteiger partial charge in [0.05, 0.1) is 0 Å². The van der Waals surface area contributed by atoms with Crippen LogP contribution in [0.15, 0.2) is 0 Å². The molecule has 0 amide bonds. The zero-order valence-corrected chi connectivity index (χ0v) is 4.65. The molecule has 0 unspecified atom stereocenters. The maximum Gasteiger partial charge on any atom is 0.383 e. The Balaban J connectivity index is 4.02. The van der Waals surface area contributed by atoms with Crippen molar-refractivity contribution in [3.05, 3.63) is 0 Å². The molecular formula is C3H3ClF4. The SMILES string of the molecule is CC(F)(F)C(F)(F)Cl. The van der Waals surface area contributed by atoms with Gasteiger partial charge in [0.1, 0.15) is 0 Å². The zero-order valence-electron chi connectivity index (χ0n) is 3.89. The molecule has 0 atom stereocenters. The van der Waals surface area contributed by atoms with Gasteiger partial charge >= 0.3 is 11.3 Å². The van der Waals surface area contributed by atoms with Gasteiger partial charge in [0, 0.05) is 6.92 Å². The Morgan fingerprint density at radius 3 is 1.25 bits per heavy atom. The maximum atomic E-state index is 11.3. The topological polar surface area (TPSA) is 0 Å². The quantitative estimate of drug-likeness (QED) is 0.398. The molecule has 0 bridgehead atoms. The summed E-state index contributed by atoms with van der Waals surface area (Å²) in [4.78, 5) is 0. The van der Waals surface area contributed by atoms with Gasteiger partial charge in [-0.3, -0.25) is 0 Å². The minimum absolute atomic E-state index is 0.0556. The van der Waals surface area contributed by atoms with Crippen molar-refractivity contribution < 1.29 is 17.6 Å². The van der Waals surface area contributed by atoms with Gasteiger partial charge in [-0.2, -0.15) is 17.6 Å². The van der Waals surface area contributed by atoms with Crippen molar-refractivity contribution in [3.8, 4) is 0 Å². The van der Waals surface area contributed by atoms with Crippen molar-refractivity contribution in [2.75, 3.05) is 0 Å². The van der Waals surface area contributed by atoms with Crippen molar-refractivity contribution in [1.82, 2.24) is 0 Å². The summed E-state index contributed by atoms with van der Waals surface area (Å²) in [6.45, 7) is 0.0556. The standard InChI is InChI=1S/C3H3ClF4/c1-2(5,6)3(4,7)8/h1H3. The molecule has 8 heavy (non-hydrogen) atoms. The summed E-state index contributed by atoms with van der Waals surface area (Å²) in [6, 6.07) is 0. The van der Waals surface area contributed by atoms with Crippen molar-refractivity contribution in [1.29, 1.82) is 0 Å². The minimum Gasteiger partial charge on any atom is -0.199 e. The Hall–Kier alpha value is 0.01000. The van der Waals surface area contributed by atoms with Crippen LogP contribution in [0, 0.1) is 0 Å². The van der Waals surface area contributed by atoms with Crippen LogP contribution in [0.5, 0.6) is 0 Å². The van der Waals surface area contributed by atoms with Gasteiger partial charge < -0.3 is 0 Å². The second-order valence-corrected chi connectivity index (χ2v) is 1.86. The first kappa shape index (κ1) is 8.01. The highest BCUT2D eigenvalue weighted by Crippen LogP contribution is 2.36. The summed E-state index contributed by atoms with van der Waals surface area (Å²) in [5.74, 6) is -4.13. The second-order valence-electron chi connectivity index (χ2n) is 1.39. The van der Waals surface area contributed by atoms with E-state index in [4.69, 9.17) is 0 Å². The molecule has 50 valence electrons. The number of hydrogen-bond acceptors (Lipinski definition) is 0. The molecule has 0 nitrogen and oxygen atoms in total. The van der Waals surface area contributed by atoms with Gasteiger partial charge in [-0.25, -0.2) is 0 Å². The highest BCUT2D eigenvalue weighted by Gasteiger charge is 2.50. The van der Waals surface area contributed by atoms with Crippen molar-refractivity contribution in [3.63, 3.8) is 0 Å². The van der Waals surface area contributed by atoms with Gasteiger partial charge in [0.25, 0.3) is 0 Å². The van der Waals surface area contributed by atoms with Crippen LogP contribution in [0.25, 0.3) is 0 Å². The lowest BCUT2D eigenvalue weighted by Gasteiger charge is -2.14. The van der Waals surface area contributed by atoms with Crippen molar-refractivity contribution in [2.24, 2.45) is 0 Å². The van der Waals surface area contributed by atoms with Crippen LogP contribution in [0.1, 0.15) is 6.92 Å². The molecule has 0 aliphatic heterocycles. The second kappa shape index (κ2) is 1.76. The lowest BCUT2D eigenvalue weighted by Crippen LogP contribution is -2.31. The Kier molecular flexibility index (Phi) is 1.76. The molecule has 0 aliphatic carbocycles. The molecular weight excluding hydrogens is 147 g/mol. The monoisotopic (exact) mass is 150 g/mol. The van der Waals surface area contributed by atoms with E-state index in [9.17, 15) is 17.6 Å². The number of halogens is 5. The molecule has 0 aromatic rings. The average Bonchev–Trinajstić information content (AvgIpc) is 1.25. The summed E-state index contributed by atoms with van der Waals surface area (Å²) in [6.07, 6.45) is 0. The highest BCUT2D eigenvalue weighted by atomic mass is 35.5. The number of hydrogen-bond donors (Lipinski definition) is 0. The summed E-state index contributed by atoms with van der Waals surface area (Å²) >= 11 is 3.93. The van der Waals surface area contributed by atoms with Crippen LogP contribution in [0.2, 0.25) is 0 Å². The van der Waals surface area contributed by atoms with E-state index in [2.05, 4.69) is 11.6 Å². The Morgan fingerprint density at radius 1 is 1.12 bits per heavy atom. The predicted molar refractivity (Wildman–Crippen MR) is 21.4 cm³/mol. The van der Waals surface area contributed by atoms with Gasteiger partial charge in [0.2, 0.25) is 0 Å². The molecule has 0 fully saturated rings. The van der Waals surface area contributed by atoms with Gasteiger partial charge in [-0.05, 0) is 11.6 Å². The van der Waals surface area contributed by atoms with Crippen LogP contribution >= 0.6 is 11.6 Å². The molecule has 0 radical (unpaired) electrons. The molecule has 0 aliphatic rings. The normalized spacial score (nSPS) is 14.2. The first-order chi connectivity index (χ1) is 3.25. The summed E-state index contributed by atoms with van der Waals surface area (Å²) in [5.41, 5.74) is 0. The summed E-state index contributed by atoms with van der Waals surface area (Å²) in [5, 5.41) is -4.42. The fourth-order valence-electron chi connectivity index (χ4n) is 0. The molecule has 0 aromatic heterocycles. The van der Waals surface area contributed by atoms with E-state index in [0.29, 0.717) is 0 Å². The average molecular weight is 151 g/mol. The van der Waals surface area contributed by atoms with Crippen molar-refractivity contribution >= 4 is 11.6 Å². The molecule has 0 saturated heterocycles. The van der Waals surface area contributed by atoms with Crippen LogP contribution in [-0.2, 0) is 0 Å². The Morgan fingerprint density at radius 2 is 1.25 bits per heavy atom. The van der Waals surface area contributed by atoms with Gasteiger partial charge in [-0.1, -0.05) is 0 Å². The third-order valence-corrected chi connectivity index (χ3v) is 0.830. The summed E-state index contributed by atoms with van der Waals surface area (Å²) < 4.78 is 45.2. The predicted octanol–water partition coefficient (Wildman–Crippen LogP) is 2.47. The Labute approximate surface area is 48.4 Å². The van der Waals surface area contributed by atoms with E-state index >= 15 is 0 Å². The van der Waals surface area contributed by atoms with E-state index in [1.165, 1.54) is 0 Å². The largest absolute Gasteiger partial charge is 0.383 e. The van der Waals surface area contributed by atoms with E-state index in [-0.39, 0.29) is 6.92 Å². The van der Waals surface area contributed by atoms with Gasteiger partial charge in [-0.15, -0.1) is 0 Å². The first-order valence-corrected chi connectivity index (χ1v) is 2.07. The molecule has 0 spiro atoms. The molecule has 0 aromatic carbocycles. The van der Waals surface area contributed by atoms with Gasteiger partial charge in [0.15, 0.2) is 0 Å². The van der Waals surface area contributed by atoms with Crippen LogP contribution in [-0.4, -0.2) is 11.3 Å². The molecule has 0 saturated carbocycles. The third kappa shape index (κ3) is 1.86. The van der Waals surface area contributed by atoms with E-state index in [1.54, 1.807) is 0 Å². The lowest BCUT2D eigenvalue weighted by atomic mass is 10.4. The molecule has 5 heteroatoms. The summed E-state index contributed by atoms with van der Waals surface area (Å²) in [7, 11) is 0. The molecule has 0 N–H and O–H groups in total. The number of alkyl halides is 5. The third-order valence-electron chi connectivity index (χ3n) is 0.498. The van der Waals surface area contributed by atoms with Crippen molar-refractivity contribution in [2.45, 2.75) is 18.2 Å². The first-order valence-electron chi connectivity index (χ1n) is 1.69. The molecule has 0 heterocycles. The van der Waals surface area contributed by atoms with E-state index in [0.717, 1.165) is 0 Å². The molecule has 0 rings (SSSR count). The minimum atomic E-state index is -4.42. The Bertz CT molecular complexity index is 66.3. The smallest absolute Gasteiger partial charge is 0.199 e. The van der Waals surface area contributed by atoms with E-state index in [1.807, 2.05) is 0 Å². The van der Waals surface area contributed by atoms with Crippen LogP contribution in [0.4, 0.5) is 17.6 Å². The maximum absolute atomic E-state index is 11.3. The van der Waals surface area contributed by atoms with E-state index < -0.39 is 11.3 Å². The zero-order chi connectivity index (χ0) is 7.00. The number of rotatable bonds is 1. The van der Waals surface area contributed by atoms with Crippen LogP contribution in [0.3, 0.4) is 0 Å². The highest BCUT2D eigenvalue weighted by molar-refractivity contribution is 6.22. The fourth-order valence-corrected chi connectivity index (χ4v) is 0.